The van der Waals surface area contributed by atoms with E-state index in [2.05, 4.69) is 10.4 Å². The first-order chi connectivity index (χ1) is 11.6. The second-order valence-corrected chi connectivity index (χ2v) is 5.76. The van der Waals surface area contributed by atoms with Gasteiger partial charge in [-0.05, 0) is 30.3 Å². The lowest BCUT2D eigenvalue weighted by Crippen LogP contribution is -2.08. The van der Waals surface area contributed by atoms with Gasteiger partial charge in [-0.25, -0.2) is 4.68 Å². The number of halogens is 2. The van der Waals surface area contributed by atoms with Crippen LogP contribution in [0.1, 0.15) is 5.56 Å². The molecule has 0 bridgehead atoms. The molecule has 24 heavy (non-hydrogen) atoms. The van der Waals surface area contributed by atoms with Gasteiger partial charge in [-0.2, -0.15) is 5.10 Å². The molecule has 0 saturated heterocycles. The molecule has 0 spiro atoms. The van der Waals surface area contributed by atoms with Crippen molar-refractivity contribution >= 4 is 40.9 Å². The van der Waals surface area contributed by atoms with Crippen molar-refractivity contribution in [3.05, 3.63) is 82.6 Å². The fraction of sp³-hybridized carbons (Fsp3) is 0. The van der Waals surface area contributed by atoms with Gasteiger partial charge in [-0.3, -0.25) is 4.79 Å². The van der Waals surface area contributed by atoms with Gasteiger partial charge < -0.3 is 5.32 Å². The molecule has 3 aromatic rings. The Morgan fingerprint density at radius 3 is 2.67 bits per heavy atom. The Kier molecular flexibility index (Phi) is 4.99. The zero-order chi connectivity index (χ0) is 16.9. The Balaban J connectivity index is 1.69. The Morgan fingerprint density at radius 1 is 1.08 bits per heavy atom. The minimum absolute atomic E-state index is 0.299. The van der Waals surface area contributed by atoms with E-state index in [-0.39, 0.29) is 5.91 Å². The zero-order valence-electron chi connectivity index (χ0n) is 12.5. The van der Waals surface area contributed by atoms with Crippen LogP contribution in [0.3, 0.4) is 0 Å². The van der Waals surface area contributed by atoms with Crippen molar-refractivity contribution in [3.8, 4) is 5.69 Å². The van der Waals surface area contributed by atoms with E-state index < -0.39 is 0 Å². The van der Waals surface area contributed by atoms with E-state index in [1.54, 1.807) is 35.2 Å². The summed E-state index contributed by atoms with van der Waals surface area (Å²) in [6.07, 6.45) is 6.62. The number of nitrogens with one attached hydrogen (secondary N) is 1. The van der Waals surface area contributed by atoms with Crippen LogP contribution in [0.5, 0.6) is 0 Å². The van der Waals surface area contributed by atoms with Gasteiger partial charge in [0.1, 0.15) is 0 Å². The second kappa shape index (κ2) is 7.34. The first kappa shape index (κ1) is 16.3. The molecular formula is C18H13Cl2N3O. The number of nitrogens with zero attached hydrogens (tertiary/aromatic N) is 2. The van der Waals surface area contributed by atoms with Gasteiger partial charge in [0.25, 0.3) is 0 Å². The average Bonchev–Trinajstić information content (AvgIpc) is 3.07. The number of carbonyl (C=O) groups is 1. The van der Waals surface area contributed by atoms with E-state index in [1.165, 1.54) is 6.08 Å². The van der Waals surface area contributed by atoms with Crippen LogP contribution in [-0.2, 0) is 4.79 Å². The minimum Gasteiger partial charge on any atom is -0.321 e. The van der Waals surface area contributed by atoms with Crippen molar-refractivity contribution < 1.29 is 4.79 Å². The van der Waals surface area contributed by atoms with E-state index in [0.717, 1.165) is 11.3 Å². The average molecular weight is 358 g/mol. The van der Waals surface area contributed by atoms with Crippen molar-refractivity contribution in [2.45, 2.75) is 0 Å². The quantitative estimate of drug-likeness (QED) is 0.679. The smallest absolute Gasteiger partial charge is 0.248 e. The summed E-state index contributed by atoms with van der Waals surface area (Å²) in [4.78, 5) is 12.0. The number of benzene rings is 2. The molecule has 120 valence electrons. The van der Waals surface area contributed by atoms with Crippen molar-refractivity contribution in [1.29, 1.82) is 0 Å². The molecule has 6 heteroatoms. The molecule has 0 radical (unpaired) electrons. The van der Waals surface area contributed by atoms with Gasteiger partial charge in [0, 0.05) is 17.8 Å². The van der Waals surface area contributed by atoms with Gasteiger partial charge in [-0.1, -0.05) is 47.5 Å². The van der Waals surface area contributed by atoms with Crippen LogP contribution in [0.4, 0.5) is 5.69 Å². The third-order valence-corrected chi connectivity index (χ3v) is 4.08. The zero-order valence-corrected chi connectivity index (χ0v) is 14.0. The minimum atomic E-state index is -0.299. The lowest BCUT2D eigenvalue weighted by atomic mass is 10.3. The maximum absolute atomic E-state index is 12.0. The first-order valence-electron chi connectivity index (χ1n) is 7.16. The van der Waals surface area contributed by atoms with Crippen LogP contribution in [0.25, 0.3) is 11.8 Å². The van der Waals surface area contributed by atoms with Crippen LogP contribution >= 0.6 is 23.2 Å². The van der Waals surface area contributed by atoms with Gasteiger partial charge >= 0.3 is 0 Å². The fourth-order valence-corrected chi connectivity index (χ4v) is 2.44. The molecule has 1 aromatic heterocycles. The predicted octanol–water partition coefficient (Wildman–Crippen LogP) is 4.83. The van der Waals surface area contributed by atoms with Crippen molar-refractivity contribution in [2.24, 2.45) is 0 Å². The maximum atomic E-state index is 12.0. The second-order valence-electron chi connectivity index (χ2n) is 4.98. The molecule has 2 aromatic carbocycles. The van der Waals surface area contributed by atoms with Crippen LogP contribution < -0.4 is 5.32 Å². The molecule has 0 atom stereocenters. The number of rotatable bonds is 4. The Labute approximate surface area is 149 Å². The number of aromatic nitrogens is 2. The van der Waals surface area contributed by atoms with E-state index in [1.807, 2.05) is 36.5 Å². The molecule has 0 aliphatic rings. The number of amides is 1. The van der Waals surface area contributed by atoms with Crippen LogP contribution in [-0.4, -0.2) is 15.7 Å². The molecule has 0 unspecified atom stereocenters. The third-order valence-electron chi connectivity index (χ3n) is 3.26. The molecule has 0 aliphatic carbocycles. The number of para-hydroxylation sites is 1. The van der Waals surface area contributed by atoms with Crippen molar-refractivity contribution in [1.82, 2.24) is 9.78 Å². The highest BCUT2D eigenvalue weighted by Gasteiger charge is 2.06. The third kappa shape index (κ3) is 3.85. The number of carbonyl (C=O) groups excluding carboxylic acids is 1. The molecule has 0 fully saturated rings. The number of hydrogen-bond donors (Lipinski definition) is 1. The van der Waals surface area contributed by atoms with Gasteiger partial charge in [-0.15, -0.1) is 0 Å². The summed E-state index contributed by atoms with van der Waals surface area (Å²) in [5, 5.41) is 7.67. The van der Waals surface area contributed by atoms with Crippen LogP contribution in [0, 0.1) is 0 Å². The molecule has 1 amide bonds. The highest BCUT2D eigenvalue weighted by atomic mass is 35.5. The maximum Gasteiger partial charge on any atom is 0.248 e. The Bertz CT molecular complexity index is 888. The van der Waals surface area contributed by atoms with Crippen molar-refractivity contribution in [3.63, 3.8) is 0 Å². The Morgan fingerprint density at radius 2 is 1.88 bits per heavy atom. The molecule has 4 nitrogen and oxygen atoms in total. The highest BCUT2D eigenvalue weighted by molar-refractivity contribution is 6.44. The largest absolute Gasteiger partial charge is 0.321 e. The molecule has 0 saturated carbocycles. The summed E-state index contributed by atoms with van der Waals surface area (Å²) >= 11 is 12.0. The van der Waals surface area contributed by atoms with Gasteiger partial charge in [0.15, 0.2) is 0 Å². The van der Waals surface area contributed by atoms with Crippen LogP contribution in [0.2, 0.25) is 10.0 Å². The monoisotopic (exact) mass is 357 g/mol. The number of anilines is 1. The molecular weight excluding hydrogens is 345 g/mol. The predicted molar refractivity (Wildman–Crippen MR) is 97.7 cm³/mol. The summed E-state index contributed by atoms with van der Waals surface area (Å²) in [5.74, 6) is -0.299. The summed E-state index contributed by atoms with van der Waals surface area (Å²) in [5.41, 5.74) is 2.23. The summed E-state index contributed by atoms with van der Waals surface area (Å²) in [7, 11) is 0. The lowest BCUT2D eigenvalue weighted by Gasteiger charge is -2.05. The normalized spacial score (nSPS) is 10.9. The van der Waals surface area contributed by atoms with Gasteiger partial charge in [0.2, 0.25) is 5.91 Å². The van der Waals surface area contributed by atoms with E-state index >= 15 is 0 Å². The Hall–Kier alpha value is -2.56. The molecule has 3 rings (SSSR count). The highest BCUT2D eigenvalue weighted by Crippen LogP contribution is 2.29. The van der Waals surface area contributed by atoms with Crippen LogP contribution in [0.15, 0.2) is 67.0 Å². The number of hydrogen-bond acceptors (Lipinski definition) is 2. The van der Waals surface area contributed by atoms with Crippen molar-refractivity contribution in [2.75, 3.05) is 5.32 Å². The lowest BCUT2D eigenvalue weighted by molar-refractivity contribution is -0.111. The topological polar surface area (TPSA) is 46.9 Å². The SMILES string of the molecule is O=C(/C=C/c1cnn(-c2ccccc2)c1)Nc1cccc(Cl)c1Cl. The fourth-order valence-electron chi connectivity index (χ4n) is 2.09. The first-order valence-corrected chi connectivity index (χ1v) is 7.92. The van der Waals surface area contributed by atoms with E-state index in [0.29, 0.717) is 15.7 Å². The molecule has 0 aliphatic heterocycles. The van der Waals surface area contributed by atoms with E-state index in [4.69, 9.17) is 23.2 Å². The van der Waals surface area contributed by atoms with Gasteiger partial charge in [0.05, 0.1) is 27.6 Å². The summed E-state index contributed by atoms with van der Waals surface area (Å²) in [6, 6.07) is 14.8. The summed E-state index contributed by atoms with van der Waals surface area (Å²) < 4.78 is 1.74. The molecule has 1 heterocycles. The summed E-state index contributed by atoms with van der Waals surface area (Å²) in [6.45, 7) is 0. The van der Waals surface area contributed by atoms with E-state index in [9.17, 15) is 4.79 Å². The standard InChI is InChI=1S/C18H13Cl2N3O/c19-15-7-4-8-16(18(15)20)22-17(24)10-9-13-11-21-23(12-13)14-5-2-1-3-6-14/h1-12H,(H,22,24)/b10-9+. The molecule has 1 N–H and O–H groups in total.